The minimum absolute atomic E-state index is 0.195. The molecule has 2 heterocycles. The van der Waals surface area contributed by atoms with Gasteiger partial charge in [0.2, 0.25) is 0 Å². The van der Waals surface area contributed by atoms with E-state index in [0.717, 1.165) is 38.8 Å². The smallest absolute Gasteiger partial charge is 0.277 e. The number of unbranched alkanes of at least 4 members (excludes halogenated alkanes) is 1. The molecular weight excluding hydrogens is 382 g/mol. The van der Waals surface area contributed by atoms with Crippen molar-refractivity contribution in [2.75, 3.05) is 47.9 Å². The van der Waals surface area contributed by atoms with Gasteiger partial charge >= 0.3 is 0 Å². The van der Waals surface area contributed by atoms with Gasteiger partial charge in [-0.05, 0) is 57.1 Å². The molecule has 1 aromatic rings. The van der Waals surface area contributed by atoms with E-state index in [9.17, 15) is 9.59 Å². The Morgan fingerprint density at radius 2 is 1.73 bits per heavy atom. The molecule has 2 amide bonds. The van der Waals surface area contributed by atoms with Gasteiger partial charge in [0.15, 0.2) is 11.5 Å². The molecule has 0 N–H and O–H groups in total. The maximum Gasteiger partial charge on any atom is 0.277 e. The molecule has 7 nitrogen and oxygen atoms in total. The summed E-state index contributed by atoms with van der Waals surface area (Å²) in [5.41, 5.74) is 1.64. The van der Waals surface area contributed by atoms with Crippen LogP contribution in [0.2, 0.25) is 0 Å². The number of methoxy groups -OCH3 is 2. The number of likely N-dealkylation sites (N-methyl/N-ethyl adjacent to an activating group) is 1. The summed E-state index contributed by atoms with van der Waals surface area (Å²) in [7, 11) is 7.20. The Hall–Kier alpha value is -2.54. The van der Waals surface area contributed by atoms with Crippen molar-refractivity contribution in [3.63, 3.8) is 0 Å². The second-order valence-corrected chi connectivity index (χ2v) is 8.05. The molecule has 1 fully saturated rings. The third kappa shape index (κ3) is 4.17. The maximum atomic E-state index is 13.4. The molecule has 2 aliphatic heterocycles. The standard InChI is InChI=1S/C23H33N3O4/c1-6-7-12-26-22(27)20(16-8-9-18(29-4)19(15-16)30-5)21(23(26)28)25(3)17-10-13-24(2)14-11-17/h8-9,15,17H,6-7,10-14H2,1-5H3. The number of carbonyl (C=O) groups is 2. The number of imide groups is 1. The number of piperidine rings is 1. The lowest BCUT2D eigenvalue weighted by atomic mass is 10.00. The molecule has 164 valence electrons. The lowest BCUT2D eigenvalue weighted by Gasteiger charge is -2.36. The predicted octanol–water partition coefficient (Wildman–Crippen LogP) is 2.61. The summed E-state index contributed by atoms with van der Waals surface area (Å²) in [6, 6.07) is 5.62. The van der Waals surface area contributed by atoms with Gasteiger partial charge in [0, 0.05) is 19.6 Å². The zero-order valence-electron chi connectivity index (χ0n) is 18.7. The van der Waals surface area contributed by atoms with E-state index in [1.807, 2.05) is 18.0 Å². The van der Waals surface area contributed by atoms with Gasteiger partial charge in [0.05, 0.1) is 19.8 Å². The Labute approximate surface area is 179 Å². The summed E-state index contributed by atoms with van der Waals surface area (Å²) in [6.45, 7) is 4.46. The average Bonchev–Trinajstić information content (AvgIpc) is 3.01. The van der Waals surface area contributed by atoms with Crippen molar-refractivity contribution in [1.29, 1.82) is 0 Å². The highest BCUT2D eigenvalue weighted by Gasteiger charge is 2.42. The quantitative estimate of drug-likeness (QED) is 0.609. The number of amides is 2. The molecule has 0 aliphatic carbocycles. The van der Waals surface area contributed by atoms with Crippen molar-refractivity contribution in [2.45, 2.75) is 38.6 Å². The zero-order chi connectivity index (χ0) is 21.8. The number of ether oxygens (including phenoxy) is 2. The average molecular weight is 416 g/mol. The number of carbonyl (C=O) groups excluding carboxylic acids is 2. The number of rotatable bonds is 8. The van der Waals surface area contributed by atoms with Crippen molar-refractivity contribution in [1.82, 2.24) is 14.7 Å². The third-order valence-electron chi connectivity index (χ3n) is 6.14. The molecule has 2 aliphatic rings. The molecule has 3 rings (SSSR count). The van der Waals surface area contributed by atoms with Crippen LogP contribution in [0.15, 0.2) is 23.9 Å². The molecule has 0 spiro atoms. The summed E-state index contributed by atoms with van der Waals surface area (Å²) in [6.07, 6.45) is 3.64. The van der Waals surface area contributed by atoms with Gasteiger partial charge in [-0.1, -0.05) is 19.4 Å². The molecule has 0 unspecified atom stereocenters. The van der Waals surface area contributed by atoms with Crippen molar-refractivity contribution in [3.8, 4) is 11.5 Å². The molecular formula is C23H33N3O4. The van der Waals surface area contributed by atoms with Crippen molar-refractivity contribution in [3.05, 3.63) is 29.5 Å². The minimum Gasteiger partial charge on any atom is -0.493 e. The number of nitrogens with zero attached hydrogens (tertiary/aromatic N) is 3. The number of hydrogen-bond donors (Lipinski definition) is 0. The first-order chi connectivity index (χ1) is 14.4. The third-order valence-corrected chi connectivity index (χ3v) is 6.14. The Morgan fingerprint density at radius 1 is 1.07 bits per heavy atom. The van der Waals surface area contributed by atoms with Crippen LogP contribution in [0.3, 0.4) is 0 Å². The monoisotopic (exact) mass is 415 g/mol. The number of likely N-dealkylation sites (tertiary alicyclic amines) is 1. The van der Waals surface area contributed by atoms with Gasteiger partial charge in [0.25, 0.3) is 11.8 Å². The maximum absolute atomic E-state index is 13.4. The molecule has 1 saturated heterocycles. The van der Waals surface area contributed by atoms with Crippen LogP contribution in [0.5, 0.6) is 11.5 Å². The molecule has 1 aromatic carbocycles. The van der Waals surface area contributed by atoms with Gasteiger partial charge in [0.1, 0.15) is 5.70 Å². The van der Waals surface area contributed by atoms with Gasteiger partial charge in [-0.15, -0.1) is 0 Å². The van der Waals surface area contributed by atoms with Gasteiger partial charge in [-0.2, -0.15) is 0 Å². The fourth-order valence-electron chi connectivity index (χ4n) is 4.23. The Balaban J connectivity index is 2.04. The highest BCUT2D eigenvalue weighted by atomic mass is 16.5. The Bertz CT molecular complexity index is 828. The van der Waals surface area contributed by atoms with Crippen LogP contribution in [-0.2, 0) is 9.59 Å². The highest BCUT2D eigenvalue weighted by Crippen LogP contribution is 2.37. The topological polar surface area (TPSA) is 62.3 Å². The van der Waals surface area contributed by atoms with Crippen LogP contribution >= 0.6 is 0 Å². The van der Waals surface area contributed by atoms with Crippen LogP contribution in [-0.4, -0.2) is 80.5 Å². The summed E-state index contributed by atoms with van der Waals surface area (Å²) in [4.78, 5) is 32.5. The summed E-state index contributed by atoms with van der Waals surface area (Å²) >= 11 is 0. The van der Waals surface area contributed by atoms with E-state index in [1.54, 1.807) is 26.4 Å². The summed E-state index contributed by atoms with van der Waals surface area (Å²) in [5, 5.41) is 0. The number of hydrogen-bond acceptors (Lipinski definition) is 6. The van der Waals surface area contributed by atoms with E-state index >= 15 is 0 Å². The molecule has 7 heteroatoms. The van der Waals surface area contributed by atoms with E-state index in [4.69, 9.17) is 9.47 Å². The van der Waals surface area contributed by atoms with E-state index < -0.39 is 0 Å². The second-order valence-electron chi connectivity index (χ2n) is 8.05. The zero-order valence-corrected chi connectivity index (χ0v) is 18.7. The Kier molecular flexibility index (Phi) is 7.02. The first-order valence-corrected chi connectivity index (χ1v) is 10.7. The SMILES string of the molecule is CCCCN1C(=O)C(c2ccc(OC)c(OC)c2)=C(N(C)C2CCN(C)CC2)C1=O. The number of benzene rings is 1. The summed E-state index contributed by atoms with van der Waals surface area (Å²) < 4.78 is 10.8. The van der Waals surface area contributed by atoms with Gasteiger partial charge in [-0.3, -0.25) is 14.5 Å². The molecule has 0 radical (unpaired) electrons. The molecule has 30 heavy (non-hydrogen) atoms. The highest BCUT2D eigenvalue weighted by molar-refractivity contribution is 6.35. The largest absolute Gasteiger partial charge is 0.493 e. The van der Waals surface area contributed by atoms with E-state index in [1.165, 1.54) is 4.90 Å². The van der Waals surface area contributed by atoms with Crippen LogP contribution in [0, 0.1) is 0 Å². The second kappa shape index (κ2) is 9.51. The summed E-state index contributed by atoms with van der Waals surface area (Å²) in [5.74, 6) is 0.706. The first kappa shape index (κ1) is 22.2. The van der Waals surface area contributed by atoms with Crippen LogP contribution in [0.1, 0.15) is 38.2 Å². The molecule has 0 saturated carbocycles. The van der Waals surface area contributed by atoms with E-state index in [0.29, 0.717) is 34.9 Å². The van der Waals surface area contributed by atoms with Gasteiger partial charge < -0.3 is 19.3 Å². The van der Waals surface area contributed by atoms with Crippen molar-refractivity contribution in [2.24, 2.45) is 0 Å². The van der Waals surface area contributed by atoms with E-state index in [-0.39, 0.29) is 17.9 Å². The molecule has 0 atom stereocenters. The van der Waals surface area contributed by atoms with Crippen molar-refractivity contribution >= 4 is 17.4 Å². The molecule has 0 bridgehead atoms. The fraction of sp³-hybridized carbons (Fsp3) is 0.565. The lowest BCUT2D eigenvalue weighted by molar-refractivity contribution is -0.137. The fourth-order valence-corrected chi connectivity index (χ4v) is 4.23. The van der Waals surface area contributed by atoms with Crippen LogP contribution in [0.25, 0.3) is 5.57 Å². The normalized spacial score (nSPS) is 18.4. The van der Waals surface area contributed by atoms with Crippen LogP contribution in [0.4, 0.5) is 0 Å². The van der Waals surface area contributed by atoms with Gasteiger partial charge in [-0.25, -0.2) is 0 Å². The Morgan fingerprint density at radius 3 is 2.33 bits per heavy atom. The minimum atomic E-state index is -0.226. The van der Waals surface area contributed by atoms with Crippen LogP contribution < -0.4 is 9.47 Å². The predicted molar refractivity (Wildman–Crippen MR) is 116 cm³/mol. The lowest BCUT2D eigenvalue weighted by Crippen LogP contribution is -2.43. The first-order valence-electron chi connectivity index (χ1n) is 10.7. The van der Waals surface area contributed by atoms with Crippen molar-refractivity contribution < 1.29 is 19.1 Å². The molecule has 0 aromatic heterocycles. The van der Waals surface area contributed by atoms with E-state index in [2.05, 4.69) is 18.9 Å².